The number of rotatable bonds is 7. The minimum atomic E-state index is -3.47. The molecule has 9 heteroatoms. The van der Waals surface area contributed by atoms with Crippen LogP contribution in [0.2, 0.25) is 0 Å². The zero-order chi connectivity index (χ0) is 21.8. The van der Waals surface area contributed by atoms with E-state index in [1.165, 1.54) is 28.2 Å². The van der Waals surface area contributed by atoms with Crippen LogP contribution in [-0.4, -0.2) is 36.9 Å². The first-order valence-corrected chi connectivity index (χ1v) is 12.4. The van der Waals surface area contributed by atoms with Crippen LogP contribution in [0.1, 0.15) is 34.7 Å². The number of hydrogen-bond donors (Lipinski definition) is 1. The minimum Gasteiger partial charge on any atom is -0.361 e. The van der Waals surface area contributed by atoms with Gasteiger partial charge < -0.3 is 9.84 Å². The maximum absolute atomic E-state index is 12.9. The molecule has 1 aliphatic heterocycles. The molecule has 0 radical (unpaired) electrons. The highest BCUT2D eigenvalue weighted by molar-refractivity contribution is 7.98. The van der Waals surface area contributed by atoms with Crippen molar-refractivity contribution in [1.29, 1.82) is 0 Å². The Hall–Kier alpha value is -2.62. The summed E-state index contributed by atoms with van der Waals surface area (Å²) in [4.78, 5) is 13.9. The number of amides is 1. The maximum atomic E-state index is 12.9. The Morgan fingerprint density at radius 3 is 2.52 bits per heavy atom. The molecule has 0 aliphatic carbocycles. The van der Waals surface area contributed by atoms with Gasteiger partial charge in [-0.2, -0.15) is 4.31 Å². The van der Waals surface area contributed by atoms with Gasteiger partial charge in [0.25, 0.3) is 5.91 Å². The summed E-state index contributed by atoms with van der Waals surface area (Å²) in [6, 6.07) is 15.5. The summed E-state index contributed by atoms with van der Waals surface area (Å²) in [5.74, 6) is 1.08. The molecule has 1 fully saturated rings. The monoisotopic (exact) mass is 457 g/mol. The lowest BCUT2D eigenvalue weighted by Gasteiger charge is -2.16. The fourth-order valence-corrected chi connectivity index (χ4v) is 5.85. The predicted molar refractivity (Wildman–Crippen MR) is 120 cm³/mol. The van der Waals surface area contributed by atoms with Crippen LogP contribution in [0.3, 0.4) is 0 Å². The Labute approximate surface area is 185 Å². The van der Waals surface area contributed by atoms with Gasteiger partial charge in [-0.15, -0.1) is 11.8 Å². The molecule has 0 unspecified atom stereocenters. The molecule has 2 aromatic carbocycles. The molecule has 4 rings (SSSR count). The van der Waals surface area contributed by atoms with Crippen molar-refractivity contribution in [2.45, 2.75) is 35.3 Å². The van der Waals surface area contributed by atoms with Gasteiger partial charge in [-0.3, -0.25) is 4.79 Å². The first-order chi connectivity index (χ1) is 14.9. The highest BCUT2D eigenvalue weighted by Crippen LogP contribution is 2.27. The fourth-order valence-electron chi connectivity index (χ4n) is 3.40. The second-order valence-corrected chi connectivity index (χ2v) is 10.3. The Bertz CT molecular complexity index is 1170. The van der Waals surface area contributed by atoms with E-state index >= 15 is 0 Å². The number of sulfonamides is 1. The molecule has 1 N–H and O–H groups in total. The number of thioether (sulfide) groups is 1. The van der Waals surface area contributed by atoms with Gasteiger partial charge in [-0.05, 0) is 56.2 Å². The molecule has 1 aromatic heterocycles. The van der Waals surface area contributed by atoms with Gasteiger partial charge in [0.05, 0.1) is 16.2 Å². The van der Waals surface area contributed by atoms with Crippen molar-refractivity contribution in [3.8, 4) is 0 Å². The van der Waals surface area contributed by atoms with Crippen LogP contribution in [-0.2, 0) is 15.8 Å². The summed E-state index contributed by atoms with van der Waals surface area (Å²) < 4.78 is 31.9. The standard InChI is InChI=1S/C22H23N3O4S2/c1-16-14-18(24-29-16)15-30-21-7-3-2-6-20(21)22(26)23-17-8-10-19(11-9-17)31(27,28)25-12-4-5-13-25/h2-3,6-11,14H,4-5,12-13,15H2,1H3,(H,23,26). The summed E-state index contributed by atoms with van der Waals surface area (Å²) in [6.07, 6.45) is 1.78. The quantitative estimate of drug-likeness (QED) is 0.532. The van der Waals surface area contributed by atoms with E-state index in [1.54, 1.807) is 18.2 Å². The third-order valence-corrected chi connectivity index (χ3v) is 8.02. The lowest BCUT2D eigenvalue weighted by atomic mass is 10.2. The van der Waals surface area contributed by atoms with E-state index < -0.39 is 10.0 Å². The number of anilines is 1. The van der Waals surface area contributed by atoms with Crippen LogP contribution in [0.15, 0.2) is 68.9 Å². The van der Waals surface area contributed by atoms with Gasteiger partial charge in [-0.25, -0.2) is 8.42 Å². The second kappa shape index (κ2) is 9.25. The first-order valence-electron chi connectivity index (χ1n) is 9.99. The smallest absolute Gasteiger partial charge is 0.256 e. The maximum Gasteiger partial charge on any atom is 0.256 e. The molecule has 162 valence electrons. The predicted octanol–water partition coefficient (Wildman–Crippen LogP) is 4.31. The lowest BCUT2D eigenvalue weighted by molar-refractivity contribution is 0.102. The molecule has 1 saturated heterocycles. The number of aromatic nitrogens is 1. The molecule has 1 amide bonds. The van der Waals surface area contributed by atoms with Crippen molar-refractivity contribution < 1.29 is 17.7 Å². The molecule has 0 spiro atoms. The molecule has 0 bridgehead atoms. The summed E-state index contributed by atoms with van der Waals surface area (Å²) in [6.45, 7) is 2.95. The molecular formula is C22H23N3O4S2. The average molecular weight is 458 g/mol. The fraction of sp³-hybridized carbons (Fsp3) is 0.273. The number of hydrogen-bond acceptors (Lipinski definition) is 6. The van der Waals surface area contributed by atoms with Crippen molar-refractivity contribution in [2.24, 2.45) is 0 Å². The van der Waals surface area contributed by atoms with Gasteiger partial charge in [0.2, 0.25) is 10.0 Å². The summed E-state index contributed by atoms with van der Waals surface area (Å²) >= 11 is 1.50. The zero-order valence-corrected chi connectivity index (χ0v) is 18.7. The van der Waals surface area contributed by atoms with Crippen molar-refractivity contribution in [2.75, 3.05) is 18.4 Å². The van der Waals surface area contributed by atoms with Gasteiger partial charge >= 0.3 is 0 Å². The number of nitrogens with zero attached hydrogens (tertiary/aromatic N) is 2. The van der Waals surface area contributed by atoms with Crippen LogP contribution in [0.5, 0.6) is 0 Å². The number of benzene rings is 2. The Balaban J connectivity index is 1.45. The highest BCUT2D eigenvalue weighted by atomic mass is 32.2. The van der Waals surface area contributed by atoms with Gasteiger partial charge in [-0.1, -0.05) is 17.3 Å². The molecule has 2 heterocycles. The van der Waals surface area contributed by atoms with Gasteiger partial charge in [0.15, 0.2) is 0 Å². The van der Waals surface area contributed by atoms with Crippen LogP contribution < -0.4 is 5.32 Å². The molecule has 0 saturated carbocycles. The molecule has 3 aromatic rings. The van der Waals surface area contributed by atoms with E-state index in [4.69, 9.17) is 4.52 Å². The number of carbonyl (C=O) groups is 1. The lowest BCUT2D eigenvalue weighted by Crippen LogP contribution is -2.27. The van der Waals surface area contributed by atoms with E-state index in [-0.39, 0.29) is 10.8 Å². The SMILES string of the molecule is Cc1cc(CSc2ccccc2C(=O)Nc2ccc(S(=O)(=O)N3CCCC3)cc2)no1. The Kier molecular flexibility index (Phi) is 6.45. The van der Waals surface area contributed by atoms with E-state index in [0.29, 0.717) is 30.1 Å². The third kappa shape index (κ3) is 5.00. The molecule has 31 heavy (non-hydrogen) atoms. The van der Waals surface area contributed by atoms with Gasteiger partial charge in [0.1, 0.15) is 5.76 Å². The first kappa shape index (κ1) is 21.6. The molecule has 1 aliphatic rings. The number of nitrogens with one attached hydrogen (secondary N) is 1. The summed E-state index contributed by atoms with van der Waals surface area (Å²) in [5.41, 5.74) is 1.89. The highest BCUT2D eigenvalue weighted by Gasteiger charge is 2.27. The van der Waals surface area contributed by atoms with E-state index in [0.717, 1.165) is 29.2 Å². The van der Waals surface area contributed by atoms with Crippen LogP contribution in [0.4, 0.5) is 5.69 Å². The summed E-state index contributed by atoms with van der Waals surface area (Å²) in [5, 5.41) is 6.83. The zero-order valence-electron chi connectivity index (χ0n) is 17.1. The topological polar surface area (TPSA) is 92.5 Å². The van der Waals surface area contributed by atoms with E-state index in [2.05, 4.69) is 10.5 Å². The van der Waals surface area contributed by atoms with Crippen molar-refractivity contribution in [1.82, 2.24) is 9.46 Å². The second-order valence-electron chi connectivity index (χ2n) is 7.30. The Morgan fingerprint density at radius 1 is 1.13 bits per heavy atom. The molecule has 0 atom stereocenters. The van der Waals surface area contributed by atoms with Gasteiger partial charge in [0, 0.05) is 35.5 Å². The third-order valence-electron chi connectivity index (χ3n) is 5.00. The minimum absolute atomic E-state index is 0.242. The average Bonchev–Trinajstić information content (AvgIpc) is 3.45. The van der Waals surface area contributed by atoms with Crippen molar-refractivity contribution in [3.05, 3.63) is 71.6 Å². The normalized spacial score (nSPS) is 14.6. The van der Waals surface area contributed by atoms with E-state index in [9.17, 15) is 13.2 Å². The summed E-state index contributed by atoms with van der Waals surface area (Å²) in [7, 11) is -3.47. The number of carbonyl (C=O) groups excluding carboxylic acids is 1. The largest absolute Gasteiger partial charge is 0.361 e. The van der Waals surface area contributed by atoms with E-state index in [1.807, 2.05) is 31.2 Å². The molecule has 7 nitrogen and oxygen atoms in total. The van der Waals surface area contributed by atoms with Crippen LogP contribution >= 0.6 is 11.8 Å². The Morgan fingerprint density at radius 2 is 1.84 bits per heavy atom. The van der Waals surface area contributed by atoms with Crippen LogP contribution in [0.25, 0.3) is 0 Å². The molecular weight excluding hydrogens is 434 g/mol. The number of aryl methyl sites for hydroxylation is 1. The van der Waals surface area contributed by atoms with Crippen molar-refractivity contribution >= 4 is 33.4 Å². The van der Waals surface area contributed by atoms with Crippen molar-refractivity contribution in [3.63, 3.8) is 0 Å². The van der Waals surface area contributed by atoms with Crippen LogP contribution in [0, 0.1) is 6.92 Å².